The largest absolute Gasteiger partial charge is 0.493 e. The number of hydrogen-bond donors (Lipinski definition) is 0. The number of rotatable bonds is 9. The summed E-state index contributed by atoms with van der Waals surface area (Å²) in [4.78, 5) is 14.9. The molecule has 1 aromatic heterocycles. The van der Waals surface area contributed by atoms with Crippen LogP contribution >= 0.6 is 11.6 Å². The summed E-state index contributed by atoms with van der Waals surface area (Å²) in [6.45, 7) is 2.79. The lowest BCUT2D eigenvalue weighted by atomic mass is 10.1. The molecular formula is C23H23ClFNO3. The van der Waals surface area contributed by atoms with Crippen LogP contribution in [0.4, 0.5) is 4.39 Å². The first-order valence-corrected chi connectivity index (χ1v) is 9.94. The van der Waals surface area contributed by atoms with Gasteiger partial charge in [0.05, 0.1) is 31.5 Å². The molecule has 0 bridgehead atoms. The first-order valence-electron chi connectivity index (χ1n) is 9.56. The van der Waals surface area contributed by atoms with Gasteiger partial charge in [0.15, 0.2) is 0 Å². The third kappa shape index (κ3) is 5.39. The van der Waals surface area contributed by atoms with Gasteiger partial charge in [0.25, 0.3) is 5.91 Å². The van der Waals surface area contributed by atoms with Crippen molar-refractivity contribution >= 4 is 17.5 Å². The first-order chi connectivity index (χ1) is 14.1. The highest BCUT2D eigenvalue weighted by atomic mass is 35.5. The van der Waals surface area contributed by atoms with Crippen molar-refractivity contribution in [2.75, 3.05) is 6.61 Å². The number of amides is 1. The van der Waals surface area contributed by atoms with E-state index in [2.05, 4.69) is 6.92 Å². The molecule has 0 spiro atoms. The normalized spacial score (nSPS) is 10.7. The van der Waals surface area contributed by atoms with Gasteiger partial charge >= 0.3 is 0 Å². The Balaban J connectivity index is 1.91. The monoisotopic (exact) mass is 415 g/mol. The molecule has 3 aromatic rings. The van der Waals surface area contributed by atoms with E-state index in [0.29, 0.717) is 23.7 Å². The van der Waals surface area contributed by atoms with Crippen LogP contribution in [0.1, 0.15) is 41.4 Å². The van der Waals surface area contributed by atoms with E-state index >= 15 is 0 Å². The van der Waals surface area contributed by atoms with Crippen molar-refractivity contribution in [2.24, 2.45) is 0 Å². The average molecular weight is 416 g/mol. The van der Waals surface area contributed by atoms with E-state index in [4.69, 9.17) is 20.8 Å². The second-order valence-corrected chi connectivity index (χ2v) is 7.05. The van der Waals surface area contributed by atoms with Gasteiger partial charge in [-0.2, -0.15) is 0 Å². The van der Waals surface area contributed by atoms with Crippen LogP contribution in [0.5, 0.6) is 5.75 Å². The molecule has 4 nitrogen and oxygen atoms in total. The molecule has 0 fully saturated rings. The number of ether oxygens (including phenoxy) is 1. The lowest BCUT2D eigenvalue weighted by molar-refractivity contribution is 0.0711. The molecule has 0 atom stereocenters. The predicted octanol–water partition coefficient (Wildman–Crippen LogP) is 6.09. The molecule has 152 valence electrons. The topological polar surface area (TPSA) is 42.7 Å². The molecule has 0 unspecified atom stereocenters. The summed E-state index contributed by atoms with van der Waals surface area (Å²) in [6.07, 6.45) is 3.42. The van der Waals surface area contributed by atoms with Gasteiger partial charge in [0, 0.05) is 10.6 Å². The SMILES string of the molecule is CCCCOc1ccccc1C(=O)N(Cc1ccco1)Cc1c(F)cccc1Cl. The number of para-hydroxylation sites is 1. The molecule has 2 aromatic carbocycles. The second kappa shape index (κ2) is 10.1. The number of unbranched alkanes of at least 4 members (excludes halogenated alkanes) is 1. The zero-order chi connectivity index (χ0) is 20.6. The van der Waals surface area contributed by atoms with Gasteiger partial charge in [0.2, 0.25) is 0 Å². The molecule has 0 aliphatic carbocycles. The van der Waals surface area contributed by atoms with Gasteiger partial charge in [0.1, 0.15) is 17.3 Å². The summed E-state index contributed by atoms with van der Waals surface area (Å²) < 4.78 is 25.6. The van der Waals surface area contributed by atoms with Gasteiger partial charge < -0.3 is 14.1 Å². The molecule has 0 aliphatic rings. The molecular weight excluding hydrogens is 393 g/mol. The van der Waals surface area contributed by atoms with E-state index in [1.54, 1.807) is 36.4 Å². The van der Waals surface area contributed by atoms with E-state index in [-0.39, 0.29) is 29.6 Å². The Bertz CT molecular complexity index is 923. The van der Waals surface area contributed by atoms with Crippen LogP contribution in [-0.4, -0.2) is 17.4 Å². The number of nitrogens with zero attached hydrogens (tertiary/aromatic N) is 1. The molecule has 0 saturated carbocycles. The highest BCUT2D eigenvalue weighted by molar-refractivity contribution is 6.31. The minimum atomic E-state index is -0.456. The van der Waals surface area contributed by atoms with Crippen molar-refractivity contribution in [2.45, 2.75) is 32.9 Å². The lowest BCUT2D eigenvalue weighted by Gasteiger charge is -2.24. The molecule has 0 aliphatic heterocycles. The summed E-state index contributed by atoms with van der Waals surface area (Å²) in [5.41, 5.74) is 0.682. The van der Waals surface area contributed by atoms with E-state index < -0.39 is 5.82 Å². The van der Waals surface area contributed by atoms with Gasteiger partial charge in [-0.1, -0.05) is 43.1 Å². The Kier molecular flexibility index (Phi) is 7.30. The fourth-order valence-corrected chi connectivity index (χ4v) is 3.15. The van der Waals surface area contributed by atoms with Gasteiger partial charge in [-0.3, -0.25) is 4.79 Å². The third-order valence-electron chi connectivity index (χ3n) is 4.50. The van der Waals surface area contributed by atoms with Crippen LogP contribution in [0.3, 0.4) is 0 Å². The van der Waals surface area contributed by atoms with E-state index in [9.17, 15) is 9.18 Å². The number of carbonyl (C=O) groups is 1. The number of carbonyl (C=O) groups excluding carboxylic acids is 1. The number of hydrogen-bond acceptors (Lipinski definition) is 3. The van der Waals surface area contributed by atoms with Gasteiger partial charge in [-0.15, -0.1) is 0 Å². The number of furan rings is 1. The molecule has 0 radical (unpaired) electrons. The minimum Gasteiger partial charge on any atom is -0.493 e. The smallest absolute Gasteiger partial charge is 0.258 e. The molecule has 1 heterocycles. The predicted molar refractivity (Wildman–Crippen MR) is 111 cm³/mol. The molecule has 29 heavy (non-hydrogen) atoms. The zero-order valence-electron chi connectivity index (χ0n) is 16.2. The maximum absolute atomic E-state index is 14.4. The summed E-state index contributed by atoms with van der Waals surface area (Å²) in [7, 11) is 0. The molecule has 1 amide bonds. The highest BCUT2D eigenvalue weighted by Gasteiger charge is 2.23. The molecule has 0 saturated heterocycles. The molecule has 6 heteroatoms. The van der Waals surface area contributed by atoms with E-state index in [0.717, 1.165) is 12.8 Å². The Labute approximate surface area is 174 Å². The van der Waals surface area contributed by atoms with Crippen LogP contribution in [0.2, 0.25) is 5.02 Å². The van der Waals surface area contributed by atoms with Gasteiger partial charge in [-0.25, -0.2) is 4.39 Å². The van der Waals surface area contributed by atoms with Gasteiger partial charge in [-0.05, 0) is 42.8 Å². The Morgan fingerprint density at radius 1 is 1.10 bits per heavy atom. The third-order valence-corrected chi connectivity index (χ3v) is 4.85. The lowest BCUT2D eigenvalue weighted by Crippen LogP contribution is -2.31. The number of halogens is 2. The summed E-state index contributed by atoms with van der Waals surface area (Å²) >= 11 is 6.20. The van der Waals surface area contributed by atoms with Crippen molar-refractivity contribution in [3.8, 4) is 5.75 Å². The van der Waals surface area contributed by atoms with Crippen LogP contribution < -0.4 is 4.74 Å². The second-order valence-electron chi connectivity index (χ2n) is 6.64. The van der Waals surface area contributed by atoms with Crippen LogP contribution in [-0.2, 0) is 13.1 Å². The highest BCUT2D eigenvalue weighted by Crippen LogP contribution is 2.26. The molecule has 3 rings (SSSR count). The quantitative estimate of drug-likeness (QED) is 0.397. The zero-order valence-corrected chi connectivity index (χ0v) is 17.0. The Morgan fingerprint density at radius 3 is 2.66 bits per heavy atom. The van der Waals surface area contributed by atoms with Crippen LogP contribution in [0, 0.1) is 5.82 Å². The van der Waals surface area contributed by atoms with E-state index in [1.807, 2.05) is 6.07 Å². The maximum Gasteiger partial charge on any atom is 0.258 e. The van der Waals surface area contributed by atoms with Crippen molar-refractivity contribution in [1.29, 1.82) is 0 Å². The van der Waals surface area contributed by atoms with Crippen molar-refractivity contribution in [3.05, 3.63) is 88.6 Å². The van der Waals surface area contributed by atoms with E-state index in [1.165, 1.54) is 23.3 Å². The number of benzene rings is 2. The first kappa shape index (κ1) is 20.9. The summed E-state index contributed by atoms with van der Waals surface area (Å²) in [6, 6.07) is 15.1. The minimum absolute atomic E-state index is 0.00827. The Morgan fingerprint density at radius 2 is 1.93 bits per heavy atom. The standard InChI is InChI=1S/C23H23ClFNO3/c1-2-3-13-29-22-12-5-4-9-18(22)23(27)26(15-17-8-7-14-28-17)16-19-20(24)10-6-11-21(19)25/h4-12,14H,2-3,13,15-16H2,1H3. The van der Waals surface area contributed by atoms with Crippen LogP contribution in [0.15, 0.2) is 65.3 Å². The maximum atomic E-state index is 14.4. The summed E-state index contributed by atoms with van der Waals surface area (Å²) in [5.74, 6) is 0.361. The molecule has 0 N–H and O–H groups in total. The average Bonchev–Trinajstić information content (AvgIpc) is 3.23. The fraction of sp³-hybridized carbons (Fsp3) is 0.261. The van der Waals surface area contributed by atoms with Crippen molar-refractivity contribution in [1.82, 2.24) is 4.90 Å². The van der Waals surface area contributed by atoms with Crippen molar-refractivity contribution < 1.29 is 18.3 Å². The summed E-state index contributed by atoms with van der Waals surface area (Å²) in [5, 5.41) is 0.273. The fourth-order valence-electron chi connectivity index (χ4n) is 2.93. The Hall–Kier alpha value is -2.79. The van der Waals surface area contributed by atoms with Crippen molar-refractivity contribution in [3.63, 3.8) is 0 Å². The van der Waals surface area contributed by atoms with Crippen LogP contribution in [0.25, 0.3) is 0 Å².